The van der Waals surface area contributed by atoms with Crippen LogP contribution in [0.1, 0.15) is 57.6 Å². The van der Waals surface area contributed by atoms with Gasteiger partial charge in [-0.3, -0.25) is 9.80 Å². The molecule has 1 aromatic carbocycles. The molecular formula is C26H37N5O2. The summed E-state index contributed by atoms with van der Waals surface area (Å²) in [6.45, 7) is 12.7. The largest absolute Gasteiger partial charge is 0.446 e. The molecule has 1 amide bonds. The molecule has 7 heteroatoms. The quantitative estimate of drug-likeness (QED) is 0.675. The molecule has 178 valence electrons. The Kier molecular flexibility index (Phi) is 7.48. The van der Waals surface area contributed by atoms with Crippen molar-refractivity contribution in [2.24, 2.45) is 0 Å². The smallest absolute Gasteiger partial charge is 0.410 e. The van der Waals surface area contributed by atoms with Crippen LogP contribution in [-0.4, -0.2) is 70.2 Å². The molecule has 0 saturated carbocycles. The summed E-state index contributed by atoms with van der Waals surface area (Å²) < 4.78 is 5.96. The molecule has 2 aliphatic heterocycles. The van der Waals surface area contributed by atoms with Crippen LogP contribution in [0.3, 0.4) is 0 Å². The van der Waals surface area contributed by atoms with Crippen LogP contribution in [0.15, 0.2) is 42.7 Å². The van der Waals surface area contributed by atoms with Gasteiger partial charge in [0.25, 0.3) is 0 Å². The van der Waals surface area contributed by atoms with Crippen LogP contribution in [0.25, 0.3) is 0 Å². The number of hydrogen-bond donors (Lipinski definition) is 0. The zero-order valence-corrected chi connectivity index (χ0v) is 20.4. The molecule has 2 aliphatic rings. The fourth-order valence-electron chi connectivity index (χ4n) is 4.87. The number of nitrogens with zero attached hydrogens (tertiary/aromatic N) is 5. The molecule has 1 aromatic heterocycles. The second-order valence-electron chi connectivity index (χ2n) is 9.83. The van der Waals surface area contributed by atoms with Crippen LogP contribution >= 0.6 is 0 Å². The van der Waals surface area contributed by atoms with Gasteiger partial charge in [-0.1, -0.05) is 44.2 Å². The number of hydrogen-bond acceptors (Lipinski definition) is 6. The molecule has 2 aromatic rings. The minimum absolute atomic E-state index is 0.00568. The lowest BCUT2D eigenvalue weighted by molar-refractivity contribution is 0.00996. The summed E-state index contributed by atoms with van der Waals surface area (Å²) in [4.78, 5) is 28.7. The molecule has 0 aliphatic carbocycles. The third-order valence-corrected chi connectivity index (χ3v) is 6.79. The van der Waals surface area contributed by atoms with Gasteiger partial charge >= 0.3 is 6.09 Å². The Bertz CT molecular complexity index is 885. The van der Waals surface area contributed by atoms with Crippen molar-refractivity contribution in [2.45, 2.75) is 71.2 Å². The number of amides is 1. The first-order valence-electron chi connectivity index (χ1n) is 12.2. The number of piperidine rings is 1. The van der Waals surface area contributed by atoms with Gasteiger partial charge in [0.05, 0.1) is 12.1 Å². The summed E-state index contributed by atoms with van der Waals surface area (Å²) in [5, 5.41) is 0. The number of piperazine rings is 1. The second kappa shape index (κ2) is 10.5. The number of benzene rings is 1. The molecule has 2 saturated heterocycles. The lowest BCUT2D eigenvalue weighted by Crippen LogP contribution is -2.59. The molecule has 3 heterocycles. The molecule has 2 atom stereocenters. The molecule has 7 nitrogen and oxygen atoms in total. The number of carbonyl (C=O) groups excluding carboxylic acids is 1. The Morgan fingerprint density at radius 1 is 1.03 bits per heavy atom. The highest BCUT2D eigenvalue weighted by molar-refractivity contribution is 5.69. The van der Waals surface area contributed by atoms with E-state index < -0.39 is 0 Å². The number of likely N-dealkylation sites (tertiary alicyclic amines) is 1. The topological polar surface area (TPSA) is 61.8 Å². The Balaban J connectivity index is 1.27. The monoisotopic (exact) mass is 451 g/mol. The summed E-state index contributed by atoms with van der Waals surface area (Å²) in [7, 11) is 0. The van der Waals surface area contributed by atoms with Gasteiger partial charge in [0, 0.05) is 45.1 Å². The third kappa shape index (κ3) is 5.82. The van der Waals surface area contributed by atoms with Gasteiger partial charge in [-0.2, -0.15) is 0 Å². The predicted molar refractivity (Wildman–Crippen MR) is 130 cm³/mol. The number of anilines is 1. The van der Waals surface area contributed by atoms with Crippen LogP contribution in [0.2, 0.25) is 0 Å². The highest BCUT2D eigenvalue weighted by Gasteiger charge is 2.36. The van der Waals surface area contributed by atoms with E-state index in [1.54, 1.807) is 0 Å². The van der Waals surface area contributed by atoms with Crippen LogP contribution in [-0.2, 0) is 11.3 Å². The lowest BCUT2D eigenvalue weighted by Gasteiger charge is -2.44. The first-order valence-corrected chi connectivity index (χ1v) is 12.2. The summed E-state index contributed by atoms with van der Waals surface area (Å²) in [6.07, 6.45) is 5.40. The number of ether oxygens (including phenoxy) is 1. The van der Waals surface area contributed by atoms with E-state index in [1.165, 1.54) is 5.56 Å². The Morgan fingerprint density at radius 2 is 1.64 bits per heavy atom. The average molecular weight is 452 g/mol. The molecule has 33 heavy (non-hydrogen) atoms. The van der Waals surface area contributed by atoms with Gasteiger partial charge in [0.1, 0.15) is 6.10 Å². The first-order chi connectivity index (χ1) is 15.9. The molecule has 0 bridgehead atoms. The highest BCUT2D eigenvalue weighted by atomic mass is 16.6. The van der Waals surface area contributed by atoms with Crippen molar-refractivity contribution in [2.75, 3.05) is 31.1 Å². The number of rotatable bonds is 5. The normalized spacial score (nSPS) is 22.6. The van der Waals surface area contributed by atoms with Crippen molar-refractivity contribution < 1.29 is 9.53 Å². The number of carbonyl (C=O) groups is 1. The van der Waals surface area contributed by atoms with Crippen LogP contribution in [0.5, 0.6) is 0 Å². The van der Waals surface area contributed by atoms with E-state index in [9.17, 15) is 4.79 Å². The van der Waals surface area contributed by atoms with Crippen molar-refractivity contribution in [1.29, 1.82) is 0 Å². The first kappa shape index (κ1) is 23.5. The predicted octanol–water partition coefficient (Wildman–Crippen LogP) is 4.30. The summed E-state index contributed by atoms with van der Waals surface area (Å²) in [5.74, 6) is 1.14. The minimum atomic E-state index is -0.188. The SMILES string of the molecule is CC(C)c1cnc(N2C[C@@H](C)N(C(=O)OC3CCN(Cc4ccccc4)CC3)[C@@H](C)C2)nc1. The molecule has 0 spiro atoms. The van der Waals surface area contributed by atoms with E-state index in [4.69, 9.17) is 4.74 Å². The Labute approximate surface area is 197 Å². The van der Waals surface area contributed by atoms with Crippen molar-refractivity contribution in [3.63, 3.8) is 0 Å². The fraction of sp³-hybridized carbons (Fsp3) is 0.577. The Hall–Kier alpha value is -2.67. The summed E-state index contributed by atoms with van der Waals surface area (Å²) >= 11 is 0. The van der Waals surface area contributed by atoms with E-state index in [0.29, 0.717) is 19.0 Å². The van der Waals surface area contributed by atoms with Crippen molar-refractivity contribution in [1.82, 2.24) is 19.8 Å². The van der Waals surface area contributed by atoms with Gasteiger partial charge in [-0.15, -0.1) is 0 Å². The molecule has 2 fully saturated rings. The zero-order valence-electron chi connectivity index (χ0n) is 20.4. The van der Waals surface area contributed by atoms with Crippen molar-refractivity contribution in [3.05, 3.63) is 53.9 Å². The second-order valence-corrected chi connectivity index (χ2v) is 9.83. The van der Waals surface area contributed by atoms with Crippen LogP contribution in [0.4, 0.5) is 10.7 Å². The minimum Gasteiger partial charge on any atom is -0.446 e. The lowest BCUT2D eigenvalue weighted by atomic mass is 10.1. The van der Waals surface area contributed by atoms with E-state index >= 15 is 0 Å². The molecule has 4 rings (SSSR count). The fourth-order valence-corrected chi connectivity index (χ4v) is 4.87. The summed E-state index contributed by atoms with van der Waals surface area (Å²) in [6, 6.07) is 10.6. The van der Waals surface area contributed by atoms with Crippen molar-refractivity contribution in [3.8, 4) is 0 Å². The zero-order chi connectivity index (χ0) is 23.4. The molecular weight excluding hydrogens is 414 g/mol. The van der Waals surface area contributed by atoms with Crippen LogP contribution < -0.4 is 4.90 Å². The van der Waals surface area contributed by atoms with Gasteiger partial charge in [0.2, 0.25) is 5.95 Å². The van der Waals surface area contributed by atoms with Crippen molar-refractivity contribution >= 4 is 12.0 Å². The highest BCUT2D eigenvalue weighted by Crippen LogP contribution is 2.24. The maximum absolute atomic E-state index is 13.1. The van der Waals surface area contributed by atoms with Gasteiger partial charge in [0.15, 0.2) is 0 Å². The van der Waals surface area contributed by atoms with Gasteiger partial charge < -0.3 is 9.64 Å². The summed E-state index contributed by atoms with van der Waals surface area (Å²) in [5.41, 5.74) is 2.47. The molecule has 0 N–H and O–H groups in total. The molecule has 0 radical (unpaired) electrons. The van der Waals surface area contributed by atoms with Crippen LogP contribution in [0, 0.1) is 0 Å². The Morgan fingerprint density at radius 3 is 2.21 bits per heavy atom. The molecule has 0 unspecified atom stereocenters. The van der Waals surface area contributed by atoms with E-state index in [0.717, 1.165) is 44.0 Å². The average Bonchev–Trinajstić information content (AvgIpc) is 2.80. The standard InChI is InChI=1S/C26H37N5O2/c1-19(2)23-14-27-25(28-15-23)30-16-20(3)31(21(4)17-30)26(32)33-24-10-12-29(13-11-24)18-22-8-6-5-7-9-22/h5-9,14-15,19-21,24H,10-13,16-18H2,1-4H3/t20-,21+. The maximum atomic E-state index is 13.1. The maximum Gasteiger partial charge on any atom is 0.410 e. The van der Waals surface area contributed by atoms with Gasteiger partial charge in [-0.25, -0.2) is 14.8 Å². The van der Waals surface area contributed by atoms with E-state index in [-0.39, 0.29) is 24.3 Å². The third-order valence-electron chi connectivity index (χ3n) is 6.79. The van der Waals surface area contributed by atoms with E-state index in [1.807, 2.05) is 23.4 Å². The van der Waals surface area contributed by atoms with Gasteiger partial charge in [-0.05, 0) is 43.7 Å². The number of aromatic nitrogens is 2. The van der Waals surface area contributed by atoms with E-state index in [2.05, 4.69) is 71.7 Å².